The summed E-state index contributed by atoms with van der Waals surface area (Å²) in [6, 6.07) is 35.9. The van der Waals surface area contributed by atoms with E-state index in [0.717, 1.165) is 61.1 Å². The maximum Gasteiger partial charge on any atom is 0.177 e. The number of para-hydroxylation sites is 2. The van der Waals surface area contributed by atoms with Crippen molar-refractivity contribution < 1.29 is 9.15 Å². The number of allylic oxidation sites excluding steroid dienone is 2. The van der Waals surface area contributed by atoms with Gasteiger partial charge in [0.05, 0.1) is 28.4 Å². The number of aromatic nitrogens is 1. The van der Waals surface area contributed by atoms with Gasteiger partial charge in [-0.05, 0) is 60.2 Å². The largest absolute Gasteiger partial charge is 0.481 e. The van der Waals surface area contributed by atoms with Gasteiger partial charge in [0, 0.05) is 38.6 Å². The number of hydrogen-bond acceptors (Lipinski definition) is 3. The number of rotatable bonds is 2. The van der Waals surface area contributed by atoms with E-state index in [1.54, 1.807) is 0 Å². The maximum atomic E-state index is 9.84. The molecule has 0 saturated carbocycles. The number of nitriles is 1. The number of hydrogen-bond donors (Lipinski definition) is 0. The van der Waals surface area contributed by atoms with E-state index in [0.29, 0.717) is 5.56 Å². The fourth-order valence-electron chi connectivity index (χ4n) is 6.71. The molecule has 0 N–H and O–H groups in total. The predicted molar refractivity (Wildman–Crippen MR) is 164 cm³/mol. The topological polar surface area (TPSA) is 51.1 Å². The van der Waals surface area contributed by atoms with Crippen LogP contribution < -0.4 is 4.74 Å². The van der Waals surface area contributed by atoms with E-state index in [2.05, 4.69) is 108 Å². The van der Waals surface area contributed by atoms with Gasteiger partial charge in [0.25, 0.3) is 0 Å². The number of benzene rings is 5. The maximum absolute atomic E-state index is 9.84. The molecule has 5 aromatic carbocycles. The van der Waals surface area contributed by atoms with Gasteiger partial charge in [-0.1, -0.05) is 66.8 Å². The number of furan rings is 1. The molecule has 0 amide bonds. The van der Waals surface area contributed by atoms with Crippen LogP contribution in [0.4, 0.5) is 0 Å². The van der Waals surface area contributed by atoms with Crippen LogP contribution >= 0.6 is 0 Å². The van der Waals surface area contributed by atoms with E-state index < -0.39 is 0 Å². The summed E-state index contributed by atoms with van der Waals surface area (Å²) in [6.07, 6.45) is 8.43. The van der Waals surface area contributed by atoms with Gasteiger partial charge in [-0.15, -0.1) is 0 Å². The Morgan fingerprint density at radius 2 is 1.49 bits per heavy atom. The Kier molecular flexibility index (Phi) is 4.48. The normalized spacial score (nSPS) is 17.2. The lowest BCUT2D eigenvalue weighted by Gasteiger charge is -2.14. The number of ether oxygens (including phenoxy) is 1. The van der Waals surface area contributed by atoms with E-state index in [1.807, 2.05) is 24.3 Å². The average molecular weight is 527 g/mol. The molecule has 0 saturated heterocycles. The summed E-state index contributed by atoms with van der Waals surface area (Å²) in [5.74, 6) is 1.05. The lowest BCUT2D eigenvalue weighted by molar-refractivity contribution is 0.269. The van der Waals surface area contributed by atoms with Crippen molar-refractivity contribution in [2.45, 2.75) is 12.0 Å². The van der Waals surface area contributed by atoms with Crippen LogP contribution in [0.2, 0.25) is 0 Å². The molecule has 9 rings (SSSR count). The van der Waals surface area contributed by atoms with Crippen LogP contribution in [0.25, 0.3) is 60.6 Å². The second-order valence-corrected chi connectivity index (χ2v) is 10.8. The predicted octanol–water partition coefficient (Wildman–Crippen LogP) is 9.19. The van der Waals surface area contributed by atoms with Crippen LogP contribution in [0.15, 0.2) is 126 Å². The standard InChI is InChI=1S/C37H22N2O2/c38-21-22-13-17-33(39-31-10-4-1-7-24(31)25-8-2-5-11-32(25)39)29(19-22)23-14-18-35-30(20-23)28-16-15-27-26-9-3-6-12-34(26)40-36(27)37(28)41-35/h1-20,26,34H. The molecule has 0 fully saturated rings. The Labute approximate surface area is 235 Å². The van der Waals surface area contributed by atoms with Crippen molar-refractivity contribution in [2.75, 3.05) is 0 Å². The number of nitrogens with zero attached hydrogens (tertiary/aromatic N) is 2. The van der Waals surface area contributed by atoms with Gasteiger partial charge < -0.3 is 13.7 Å². The highest BCUT2D eigenvalue weighted by Gasteiger charge is 2.34. The van der Waals surface area contributed by atoms with Crippen molar-refractivity contribution in [3.8, 4) is 28.6 Å². The molecular weight excluding hydrogens is 504 g/mol. The van der Waals surface area contributed by atoms with E-state index >= 15 is 0 Å². The van der Waals surface area contributed by atoms with Gasteiger partial charge in [-0.3, -0.25) is 0 Å². The first-order valence-corrected chi connectivity index (χ1v) is 13.8. The quantitative estimate of drug-likeness (QED) is 0.226. The highest BCUT2D eigenvalue weighted by atomic mass is 16.5. The molecule has 3 heterocycles. The molecule has 0 bridgehead atoms. The van der Waals surface area contributed by atoms with Gasteiger partial charge in [-0.2, -0.15) is 5.26 Å². The summed E-state index contributed by atoms with van der Waals surface area (Å²) in [6.45, 7) is 0. The smallest absolute Gasteiger partial charge is 0.177 e. The summed E-state index contributed by atoms with van der Waals surface area (Å²) < 4.78 is 15.1. The Hall–Kier alpha value is -5.53. The van der Waals surface area contributed by atoms with Gasteiger partial charge in [0.2, 0.25) is 0 Å². The third-order valence-electron chi connectivity index (χ3n) is 8.58. The first kappa shape index (κ1) is 22.3. The fraction of sp³-hybridized carbons (Fsp3) is 0.0541. The lowest BCUT2D eigenvalue weighted by atomic mass is 9.91. The lowest BCUT2D eigenvalue weighted by Crippen LogP contribution is -2.15. The SMILES string of the molecule is N#Cc1ccc(-n2c3ccccc3c3ccccc32)c(-c2ccc3oc4c5c(ccc4c3c2)C2C=CC=CC2O5)c1. The zero-order chi connectivity index (χ0) is 27.1. The van der Waals surface area contributed by atoms with Gasteiger partial charge in [-0.25, -0.2) is 0 Å². The third-order valence-corrected chi connectivity index (χ3v) is 8.58. The Balaban J connectivity index is 1.29. The molecule has 1 aliphatic heterocycles. The molecule has 2 atom stereocenters. The van der Waals surface area contributed by atoms with E-state index in [4.69, 9.17) is 9.15 Å². The van der Waals surface area contributed by atoms with Gasteiger partial charge >= 0.3 is 0 Å². The minimum absolute atomic E-state index is 0.00636. The third kappa shape index (κ3) is 3.09. The first-order valence-electron chi connectivity index (χ1n) is 13.8. The van der Waals surface area contributed by atoms with Crippen molar-refractivity contribution >= 4 is 43.7 Å². The van der Waals surface area contributed by atoms with Crippen molar-refractivity contribution in [3.05, 3.63) is 132 Å². The summed E-state index contributed by atoms with van der Waals surface area (Å²) in [4.78, 5) is 0. The van der Waals surface area contributed by atoms with E-state index in [1.165, 1.54) is 10.8 Å². The molecule has 41 heavy (non-hydrogen) atoms. The highest BCUT2D eigenvalue weighted by Crippen LogP contribution is 2.48. The second kappa shape index (κ2) is 8.24. The zero-order valence-electron chi connectivity index (χ0n) is 21.9. The van der Waals surface area contributed by atoms with Crippen LogP contribution in [-0.4, -0.2) is 10.7 Å². The van der Waals surface area contributed by atoms with Gasteiger partial charge in [0.1, 0.15) is 11.7 Å². The van der Waals surface area contributed by atoms with Crippen LogP contribution in [0, 0.1) is 11.3 Å². The van der Waals surface area contributed by atoms with Crippen LogP contribution in [-0.2, 0) is 0 Å². The zero-order valence-corrected chi connectivity index (χ0v) is 21.9. The molecule has 4 nitrogen and oxygen atoms in total. The minimum atomic E-state index is 0.00636. The first-order chi connectivity index (χ1) is 20.3. The molecular formula is C37H22N2O2. The van der Waals surface area contributed by atoms with Crippen molar-refractivity contribution in [2.24, 2.45) is 0 Å². The molecule has 2 aromatic heterocycles. The van der Waals surface area contributed by atoms with Gasteiger partial charge in [0.15, 0.2) is 11.3 Å². The Morgan fingerprint density at radius 1 is 0.707 bits per heavy atom. The molecule has 0 radical (unpaired) electrons. The van der Waals surface area contributed by atoms with Crippen LogP contribution in [0.3, 0.4) is 0 Å². The molecule has 1 aliphatic carbocycles. The Morgan fingerprint density at radius 3 is 2.29 bits per heavy atom. The average Bonchev–Trinajstić information content (AvgIpc) is 3.70. The summed E-state index contributed by atoms with van der Waals surface area (Å²) in [5, 5.41) is 14.3. The fourth-order valence-corrected chi connectivity index (χ4v) is 6.71. The van der Waals surface area contributed by atoms with Crippen molar-refractivity contribution in [1.82, 2.24) is 4.57 Å². The summed E-state index contributed by atoms with van der Waals surface area (Å²) in [7, 11) is 0. The van der Waals surface area contributed by atoms with Crippen LogP contribution in [0.5, 0.6) is 5.75 Å². The molecule has 4 heteroatoms. The monoisotopic (exact) mass is 526 g/mol. The van der Waals surface area contributed by atoms with E-state index in [-0.39, 0.29) is 12.0 Å². The van der Waals surface area contributed by atoms with Crippen molar-refractivity contribution in [1.29, 1.82) is 5.26 Å². The second-order valence-electron chi connectivity index (χ2n) is 10.8. The summed E-state index contributed by atoms with van der Waals surface area (Å²) in [5.41, 5.74) is 8.70. The number of fused-ring (bicyclic) bond motifs is 10. The Bertz CT molecular complexity index is 2270. The molecule has 2 unspecified atom stereocenters. The van der Waals surface area contributed by atoms with Crippen LogP contribution in [0.1, 0.15) is 17.0 Å². The molecule has 192 valence electrons. The molecule has 2 aliphatic rings. The highest BCUT2D eigenvalue weighted by molar-refractivity contribution is 6.11. The van der Waals surface area contributed by atoms with Crippen molar-refractivity contribution in [3.63, 3.8) is 0 Å². The van der Waals surface area contributed by atoms with E-state index in [9.17, 15) is 5.26 Å². The summed E-state index contributed by atoms with van der Waals surface area (Å²) >= 11 is 0. The minimum Gasteiger partial charge on any atom is -0.481 e. The molecule has 0 spiro atoms. The molecule has 7 aromatic rings.